The summed E-state index contributed by atoms with van der Waals surface area (Å²) in [7, 11) is 0. The zero-order valence-corrected chi connectivity index (χ0v) is 16.3. The third kappa shape index (κ3) is 3.40. The van der Waals surface area contributed by atoms with E-state index in [1.807, 2.05) is 25.6 Å². The molecule has 0 saturated carbocycles. The molecule has 0 atom stereocenters. The molecule has 136 valence electrons. The predicted molar refractivity (Wildman–Crippen MR) is 108 cm³/mol. The van der Waals surface area contributed by atoms with Gasteiger partial charge in [-0.25, -0.2) is 0 Å². The summed E-state index contributed by atoms with van der Waals surface area (Å²) < 4.78 is 0. The molecule has 3 nitrogen and oxygen atoms in total. The molecule has 2 heterocycles. The van der Waals surface area contributed by atoms with Crippen LogP contribution in [0.5, 0.6) is 0 Å². The first-order chi connectivity index (χ1) is 12.6. The van der Waals surface area contributed by atoms with Crippen molar-refractivity contribution in [1.82, 2.24) is 4.90 Å². The molecule has 1 fully saturated rings. The zero-order valence-electron chi connectivity index (χ0n) is 15.5. The van der Waals surface area contributed by atoms with Crippen molar-refractivity contribution in [3.63, 3.8) is 0 Å². The van der Waals surface area contributed by atoms with Crippen LogP contribution in [0.1, 0.15) is 26.7 Å². The fraction of sp³-hybridized carbons (Fsp3) is 0.409. The highest BCUT2D eigenvalue weighted by atomic mass is 32.2. The van der Waals surface area contributed by atoms with E-state index in [-0.39, 0.29) is 5.41 Å². The van der Waals surface area contributed by atoms with E-state index in [1.165, 1.54) is 21.2 Å². The smallest absolute Gasteiger partial charge is 0.126 e. The Bertz CT molecular complexity index is 751. The summed E-state index contributed by atoms with van der Waals surface area (Å²) in [6.45, 7) is 7.01. The van der Waals surface area contributed by atoms with Crippen LogP contribution in [0, 0.1) is 5.41 Å². The Morgan fingerprint density at radius 1 is 1.00 bits per heavy atom. The van der Waals surface area contributed by atoms with E-state index in [9.17, 15) is 4.79 Å². The van der Waals surface area contributed by atoms with Crippen molar-refractivity contribution in [2.24, 2.45) is 5.41 Å². The molecule has 1 saturated heterocycles. The van der Waals surface area contributed by atoms with Crippen LogP contribution < -0.4 is 4.90 Å². The van der Waals surface area contributed by atoms with Gasteiger partial charge in [-0.2, -0.15) is 0 Å². The average Bonchev–Trinajstić information content (AvgIpc) is 2.66. The monoisotopic (exact) mass is 366 g/mol. The van der Waals surface area contributed by atoms with Gasteiger partial charge in [0.25, 0.3) is 0 Å². The predicted octanol–water partition coefficient (Wildman–Crippen LogP) is 4.98. The summed E-state index contributed by atoms with van der Waals surface area (Å²) in [6, 6.07) is 18.0. The van der Waals surface area contributed by atoms with Crippen molar-refractivity contribution in [1.29, 1.82) is 0 Å². The fourth-order valence-corrected chi connectivity index (χ4v) is 5.15. The summed E-state index contributed by atoms with van der Waals surface area (Å²) in [5, 5.41) is 0. The first kappa shape index (κ1) is 17.6. The van der Waals surface area contributed by atoms with Gasteiger partial charge in [0.15, 0.2) is 0 Å². The number of carbonyl (C=O) groups excluding carboxylic acids is 1. The van der Waals surface area contributed by atoms with Crippen LogP contribution in [-0.4, -0.2) is 36.9 Å². The van der Waals surface area contributed by atoms with Gasteiger partial charge in [-0.3, -0.25) is 0 Å². The second kappa shape index (κ2) is 7.09. The van der Waals surface area contributed by atoms with E-state index in [2.05, 4.69) is 58.3 Å². The fourth-order valence-electron chi connectivity index (χ4n) is 4.08. The summed E-state index contributed by atoms with van der Waals surface area (Å²) in [5.74, 6) is 0. The molecule has 26 heavy (non-hydrogen) atoms. The average molecular weight is 367 g/mol. The van der Waals surface area contributed by atoms with E-state index in [1.54, 1.807) is 0 Å². The number of likely N-dealkylation sites (tertiary alicyclic amines) is 1. The number of nitrogens with zero attached hydrogens (tertiary/aromatic N) is 2. The third-order valence-corrected chi connectivity index (χ3v) is 6.47. The van der Waals surface area contributed by atoms with Crippen molar-refractivity contribution in [2.45, 2.75) is 42.5 Å². The van der Waals surface area contributed by atoms with Crippen molar-refractivity contribution >= 4 is 29.4 Å². The Morgan fingerprint density at radius 2 is 1.54 bits per heavy atom. The first-order valence-corrected chi connectivity index (χ1v) is 10.2. The lowest BCUT2D eigenvalue weighted by atomic mass is 9.93. The van der Waals surface area contributed by atoms with Gasteiger partial charge in [0.05, 0.1) is 11.4 Å². The van der Waals surface area contributed by atoms with Crippen LogP contribution in [0.4, 0.5) is 11.4 Å². The zero-order chi connectivity index (χ0) is 18.1. The maximum Gasteiger partial charge on any atom is 0.126 e. The molecule has 0 unspecified atom stereocenters. The van der Waals surface area contributed by atoms with E-state index >= 15 is 0 Å². The largest absolute Gasteiger partial charge is 0.336 e. The summed E-state index contributed by atoms with van der Waals surface area (Å²) >= 11 is 1.87. The van der Waals surface area contributed by atoms with Crippen LogP contribution in [0.15, 0.2) is 58.3 Å². The molecule has 0 radical (unpaired) electrons. The van der Waals surface area contributed by atoms with Gasteiger partial charge in [0, 0.05) is 40.9 Å². The molecule has 2 aromatic rings. The molecular formula is C22H26N2OS. The molecule has 0 aromatic heterocycles. The van der Waals surface area contributed by atoms with Crippen molar-refractivity contribution in [3.8, 4) is 0 Å². The minimum atomic E-state index is -0.256. The van der Waals surface area contributed by atoms with Crippen molar-refractivity contribution < 1.29 is 4.79 Å². The number of rotatable bonds is 4. The summed E-state index contributed by atoms with van der Waals surface area (Å²) in [5.41, 5.74) is 2.42. The number of hydrogen-bond donors (Lipinski definition) is 0. The molecule has 4 rings (SSSR count). The van der Waals surface area contributed by atoms with Gasteiger partial charge in [-0.1, -0.05) is 49.9 Å². The number of carbonyl (C=O) groups is 1. The quantitative estimate of drug-likeness (QED) is 0.712. The van der Waals surface area contributed by atoms with Gasteiger partial charge < -0.3 is 14.6 Å². The molecule has 2 aliphatic rings. The number of para-hydroxylation sites is 2. The second-order valence-corrected chi connectivity index (χ2v) is 9.11. The van der Waals surface area contributed by atoms with E-state index < -0.39 is 0 Å². The Hall–Kier alpha value is -1.78. The van der Waals surface area contributed by atoms with Crippen LogP contribution in [-0.2, 0) is 4.79 Å². The molecule has 2 aliphatic heterocycles. The van der Waals surface area contributed by atoms with E-state index in [0.29, 0.717) is 6.04 Å². The van der Waals surface area contributed by atoms with Crippen molar-refractivity contribution in [3.05, 3.63) is 48.5 Å². The lowest BCUT2D eigenvalue weighted by molar-refractivity contribution is -0.115. The Balaban J connectivity index is 1.56. The molecule has 0 aliphatic carbocycles. The number of benzene rings is 2. The molecular weight excluding hydrogens is 340 g/mol. The molecule has 0 amide bonds. The Kier molecular flexibility index (Phi) is 4.80. The standard InChI is InChI=1S/C22H26N2OS/c1-22(2,16-25)15-23-13-11-17(12-14-23)24-18-7-3-5-9-20(18)26-21-10-6-4-8-19(21)24/h3-10,16-17H,11-15H2,1-2H3. The van der Waals surface area contributed by atoms with Crippen LogP contribution in [0.3, 0.4) is 0 Å². The highest BCUT2D eigenvalue weighted by Crippen LogP contribution is 2.49. The summed E-state index contributed by atoms with van der Waals surface area (Å²) in [4.78, 5) is 18.9. The minimum absolute atomic E-state index is 0.256. The molecule has 0 N–H and O–H groups in total. The molecule has 4 heteroatoms. The molecule has 0 bridgehead atoms. The van der Waals surface area contributed by atoms with Gasteiger partial charge in [-0.05, 0) is 37.1 Å². The van der Waals surface area contributed by atoms with Crippen LogP contribution in [0.25, 0.3) is 0 Å². The maximum absolute atomic E-state index is 11.2. The normalized spacial score (nSPS) is 18.3. The van der Waals surface area contributed by atoms with Gasteiger partial charge in [-0.15, -0.1) is 0 Å². The number of fused-ring (bicyclic) bond motifs is 2. The van der Waals surface area contributed by atoms with Gasteiger partial charge >= 0.3 is 0 Å². The lowest BCUT2D eigenvalue weighted by Gasteiger charge is -2.43. The number of anilines is 2. The third-order valence-electron chi connectivity index (χ3n) is 5.34. The molecule has 0 spiro atoms. The minimum Gasteiger partial charge on any atom is -0.336 e. The van der Waals surface area contributed by atoms with E-state index in [4.69, 9.17) is 0 Å². The van der Waals surface area contributed by atoms with E-state index in [0.717, 1.165) is 38.8 Å². The topological polar surface area (TPSA) is 23.6 Å². The number of aldehydes is 1. The SMILES string of the molecule is CC(C)(C=O)CN1CCC(N2c3ccccc3Sc3ccccc32)CC1. The Morgan fingerprint density at radius 3 is 2.08 bits per heavy atom. The summed E-state index contributed by atoms with van der Waals surface area (Å²) in [6.07, 6.45) is 3.35. The van der Waals surface area contributed by atoms with Crippen LogP contribution >= 0.6 is 11.8 Å². The second-order valence-electron chi connectivity index (χ2n) is 8.02. The van der Waals surface area contributed by atoms with Gasteiger partial charge in [0.2, 0.25) is 0 Å². The highest BCUT2D eigenvalue weighted by molar-refractivity contribution is 7.99. The highest BCUT2D eigenvalue weighted by Gasteiger charge is 2.32. The maximum atomic E-state index is 11.2. The van der Waals surface area contributed by atoms with Gasteiger partial charge in [0.1, 0.15) is 6.29 Å². The number of hydrogen-bond acceptors (Lipinski definition) is 4. The first-order valence-electron chi connectivity index (χ1n) is 9.41. The van der Waals surface area contributed by atoms with Crippen molar-refractivity contribution in [2.75, 3.05) is 24.5 Å². The van der Waals surface area contributed by atoms with Crippen LogP contribution in [0.2, 0.25) is 0 Å². The molecule has 2 aromatic carbocycles. The number of piperidine rings is 1. The Labute approximate surface area is 160 Å². The lowest BCUT2D eigenvalue weighted by Crippen LogP contribution is -2.46.